The summed E-state index contributed by atoms with van der Waals surface area (Å²) >= 11 is 1.69. The van der Waals surface area contributed by atoms with Crippen LogP contribution in [0.25, 0.3) is 0 Å². The fraction of sp³-hybridized carbons (Fsp3) is 0.421. The molecule has 0 aliphatic rings. The minimum atomic E-state index is -3.52. The highest BCUT2D eigenvalue weighted by atomic mass is 127. The molecule has 0 saturated carbocycles. The second kappa shape index (κ2) is 11.7. The van der Waals surface area contributed by atoms with E-state index in [1.54, 1.807) is 31.4 Å². The highest BCUT2D eigenvalue weighted by Gasteiger charge is 2.16. The lowest BCUT2D eigenvalue weighted by Crippen LogP contribution is -2.42. The van der Waals surface area contributed by atoms with Gasteiger partial charge in [-0.3, -0.25) is 4.99 Å². The summed E-state index contributed by atoms with van der Waals surface area (Å²) in [7, 11) is -1.82. The summed E-state index contributed by atoms with van der Waals surface area (Å²) in [5.74, 6) is 1.03. The summed E-state index contributed by atoms with van der Waals surface area (Å²) in [6.07, 6.45) is 0. The summed E-state index contributed by atoms with van der Waals surface area (Å²) < 4.78 is 27.6. The van der Waals surface area contributed by atoms with E-state index in [2.05, 4.69) is 44.1 Å². The van der Waals surface area contributed by atoms with Gasteiger partial charge < -0.3 is 10.6 Å². The molecule has 1 aromatic carbocycles. The van der Waals surface area contributed by atoms with E-state index in [0.717, 1.165) is 17.7 Å². The molecule has 1 unspecified atom stereocenters. The van der Waals surface area contributed by atoms with Gasteiger partial charge in [-0.1, -0.05) is 19.1 Å². The molecular weight excluding hydrogens is 507 g/mol. The highest BCUT2D eigenvalue weighted by molar-refractivity contribution is 14.0. The molecule has 1 atom stereocenters. The predicted molar refractivity (Wildman–Crippen MR) is 129 cm³/mol. The van der Waals surface area contributed by atoms with Crippen LogP contribution < -0.4 is 15.4 Å². The summed E-state index contributed by atoms with van der Waals surface area (Å²) in [6.45, 7) is 7.30. The molecule has 0 aliphatic carbocycles. The molecule has 0 spiro atoms. The Bertz CT molecular complexity index is 868. The van der Waals surface area contributed by atoms with E-state index in [9.17, 15) is 8.42 Å². The Labute approximate surface area is 189 Å². The molecule has 0 bridgehead atoms. The lowest BCUT2D eigenvalue weighted by Gasteiger charge is -2.16. The first-order valence-electron chi connectivity index (χ1n) is 8.87. The van der Waals surface area contributed by atoms with Gasteiger partial charge >= 0.3 is 0 Å². The lowest BCUT2D eigenvalue weighted by atomic mass is 10.1. The average Bonchev–Trinajstić information content (AvgIpc) is 3.17. The van der Waals surface area contributed by atoms with E-state index in [-0.39, 0.29) is 30.5 Å². The molecular formula is C19H29IN4O2S2. The first kappa shape index (κ1) is 24.9. The zero-order valence-corrected chi connectivity index (χ0v) is 20.6. The summed E-state index contributed by atoms with van der Waals surface area (Å²) in [5, 5.41) is 10.6. The van der Waals surface area contributed by atoms with Crippen LogP contribution in [0.2, 0.25) is 0 Å². The second-order valence-corrected chi connectivity index (χ2v) is 9.02. The number of benzene rings is 1. The van der Waals surface area contributed by atoms with Crippen molar-refractivity contribution >= 4 is 51.3 Å². The maximum Gasteiger partial charge on any atom is 0.240 e. The van der Waals surface area contributed by atoms with Gasteiger partial charge in [-0.2, -0.15) is 11.3 Å². The fourth-order valence-corrected chi connectivity index (χ4v) is 4.73. The number of hydrogen-bond donors (Lipinski definition) is 3. The van der Waals surface area contributed by atoms with Gasteiger partial charge in [0.1, 0.15) is 0 Å². The van der Waals surface area contributed by atoms with Crippen molar-refractivity contribution in [2.45, 2.75) is 31.6 Å². The molecule has 6 nitrogen and oxygen atoms in total. The number of nitrogens with one attached hydrogen (secondary N) is 3. The number of rotatable bonds is 8. The van der Waals surface area contributed by atoms with Gasteiger partial charge in [0.2, 0.25) is 10.0 Å². The van der Waals surface area contributed by atoms with Crippen LogP contribution in [0.3, 0.4) is 0 Å². The Morgan fingerprint density at radius 1 is 1.18 bits per heavy atom. The Kier molecular flexibility index (Phi) is 10.4. The topological polar surface area (TPSA) is 82.6 Å². The first-order chi connectivity index (χ1) is 12.8. The normalized spacial score (nSPS) is 12.9. The number of aliphatic imine (C=N–C) groups is 1. The standard InChI is InChI=1S/C19H28N4O2S2.HI/c1-14-5-6-15(2)18(11-14)27(24,25)23-9-8-21-19(20-4)22-12-16(3)17-7-10-26-13-17;/h5-7,10-11,13,16,23H,8-9,12H2,1-4H3,(H2,20,21,22);1H. The molecule has 1 aromatic heterocycles. The van der Waals surface area contributed by atoms with Crippen LogP contribution in [0.4, 0.5) is 0 Å². The monoisotopic (exact) mass is 536 g/mol. The van der Waals surface area contributed by atoms with Crippen LogP contribution in [0.5, 0.6) is 0 Å². The minimum absolute atomic E-state index is 0. The molecule has 0 fully saturated rings. The number of sulfonamides is 1. The smallest absolute Gasteiger partial charge is 0.240 e. The quantitative estimate of drug-likeness (QED) is 0.210. The molecule has 1 heterocycles. The Balaban J connectivity index is 0.00000392. The van der Waals surface area contributed by atoms with Gasteiger partial charge in [0.25, 0.3) is 0 Å². The van der Waals surface area contributed by atoms with E-state index in [0.29, 0.717) is 23.3 Å². The Morgan fingerprint density at radius 3 is 2.57 bits per heavy atom. The van der Waals surface area contributed by atoms with Crippen molar-refractivity contribution < 1.29 is 8.42 Å². The third-order valence-corrected chi connectivity index (χ3v) is 6.56. The molecule has 2 aromatic rings. The first-order valence-corrected chi connectivity index (χ1v) is 11.3. The second-order valence-electron chi connectivity index (χ2n) is 6.50. The summed E-state index contributed by atoms with van der Waals surface area (Å²) in [4.78, 5) is 4.51. The van der Waals surface area contributed by atoms with Crippen LogP contribution in [-0.4, -0.2) is 41.1 Å². The predicted octanol–water partition coefficient (Wildman–Crippen LogP) is 3.23. The number of hydrogen-bond acceptors (Lipinski definition) is 4. The molecule has 0 aliphatic heterocycles. The van der Waals surface area contributed by atoms with Gasteiger partial charge in [0.05, 0.1) is 4.90 Å². The van der Waals surface area contributed by atoms with Crippen molar-refractivity contribution in [2.24, 2.45) is 4.99 Å². The highest BCUT2D eigenvalue weighted by Crippen LogP contribution is 2.17. The van der Waals surface area contributed by atoms with Crippen molar-refractivity contribution in [3.05, 3.63) is 51.7 Å². The van der Waals surface area contributed by atoms with E-state index < -0.39 is 10.0 Å². The Morgan fingerprint density at radius 2 is 1.93 bits per heavy atom. The average molecular weight is 537 g/mol. The molecule has 0 radical (unpaired) electrons. The van der Waals surface area contributed by atoms with E-state index in [1.807, 2.05) is 19.1 Å². The van der Waals surface area contributed by atoms with Crippen LogP contribution in [-0.2, 0) is 10.0 Å². The lowest BCUT2D eigenvalue weighted by molar-refractivity contribution is 0.579. The third kappa shape index (κ3) is 7.34. The van der Waals surface area contributed by atoms with Gasteiger partial charge in [0, 0.05) is 26.7 Å². The van der Waals surface area contributed by atoms with Crippen molar-refractivity contribution in [1.29, 1.82) is 0 Å². The van der Waals surface area contributed by atoms with E-state index in [1.165, 1.54) is 5.56 Å². The zero-order chi connectivity index (χ0) is 19.9. The van der Waals surface area contributed by atoms with Crippen molar-refractivity contribution in [3.63, 3.8) is 0 Å². The van der Waals surface area contributed by atoms with Crippen LogP contribution >= 0.6 is 35.3 Å². The van der Waals surface area contributed by atoms with Crippen molar-refractivity contribution in [3.8, 4) is 0 Å². The maximum atomic E-state index is 12.5. The SMILES string of the molecule is CN=C(NCCNS(=O)(=O)c1cc(C)ccc1C)NCC(C)c1ccsc1.I. The molecule has 0 amide bonds. The van der Waals surface area contributed by atoms with Gasteiger partial charge in [-0.15, -0.1) is 24.0 Å². The van der Waals surface area contributed by atoms with Crippen LogP contribution in [0, 0.1) is 13.8 Å². The number of aryl methyl sites for hydroxylation is 2. The van der Waals surface area contributed by atoms with Crippen LogP contribution in [0.1, 0.15) is 29.5 Å². The summed E-state index contributed by atoms with van der Waals surface area (Å²) in [5.41, 5.74) is 2.95. The maximum absolute atomic E-state index is 12.5. The van der Waals surface area contributed by atoms with Gasteiger partial charge in [-0.05, 0) is 59.3 Å². The Hall–Kier alpha value is -1.17. The zero-order valence-electron chi connectivity index (χ0n) is 16.7. The van der Waals surface area contributed by atoms with Crippen molar-refractivity contribution in [1.82, 2.24) is 15.4 Å². The van der Waals surface area contributed by atoms with Crippen LogP contribution in [0.15, 0.2) is 44.9 Å². The van der Waals surface area contributed by atoms with Gasteiger partial charge in [-0.25, -0.2) is 13.1 Å². The number of thiophene rings is 1. The van der Waals surface area contributed by atoms with E-state index >= 15 is 0 Å². The largest absolute Gasteiger partial charge is 0.356 e. The van der Waals surface area contributed by atoms with Gasteiger partial charge in [0.15, 0.2) is 5.96 Å². The molecule has 3 N–H and O–H groups in total. The third-order valence-electron chi connectivity index (χ3n) is 4.25. The minimum Gasteiger partial charge on any atom is -0.356 e. The molecule has 28 heavy (non-hydrogen) atoms. The number of nitrogens with zero attached hydrogens (tertiary/aromatic N) is 1. The van der Waals surface area contributed by atoms with Crippen molar-refractivity contribution in [2.75, 3.05) is 26.7 Å². The molecule has 2 rings (SSSR count). The number of halogens is 1. The summed E-state index contributed by atoms with van der Waals surface area (Å²) in [6, 6.07) is 7.54. The molecule has 156 valence electrons. The van der Waals surface area contributed by atoms with E-state index in [4.69, 9.17) is 0 Å². The molecule has 0 saturated heterocycles. The number of guanidine groups is 1. The fourth-order valence-electron chi connectivity index (χ4n) is 2.58. The molecule has 9 heteroatoms.